The van der Waals surface area contributed by atoms with Crippen molar-refractivity contribution < 1.29 is 23.1 Å². The second-order valence-electron chi connectivity index (χ2n) is 6.18. The van der Waals surface area contributed by atoms with Crippen LogP contribution in [-0.4, -0.2) is 67.2 Å². The molecule has 0 atom stereocenters. The zero-order valence-corrected chi connectivity index (χ0v) is 16.4. The lowest BCUT2D eigenvalue weighted by Gasteiger charge is -2.34. The predicted octanol–water partition coefficient (Wildman–Crippen LogP) is 1.87. The molecule has 26 heavy (non-hydrogen) atoms. The minimum absolute atomic E-state index is 0. The number of piperazine rings is 1. The number of hydrogen-bond donors (Lipinski definition) is 1. The summed E-state index contributed by atoms with van der Waals surface area (Å²) in [6.07, 6.45) is 1.60. The zero-order valence-electron chi connectivity index (χ0n) is 14.8. The van der Waals surface area contributed by atoms with Crippen LogP contribution in [0.5, 0.6) is 0 Å². The summed E-state index contributed by atoms with van der Waals surface area (Å²) in [5.41, 5.74) is 0.491. The van der Waals surface area contributed by atoms with Gasteiger partial charge in [0, 0.05) is 38.2 Å². The van der Waals surface area contributed by atoms with E-state index in [9.17, 15) is 18.0 Å². The maximum atomic E-state index is 12.7. The number of carbonyl (C=O) groups excluding carboxylic acids is 1. The average molecular weight is 405 g/mol. The Morgan fingerprint density at radius 3 is 2.12 bits per heavy atom. The number of rotatable bonds is 8. The van der Waals surface area contributed by atoms with Crippen molar-refractivity contribution in [3.05, 3.63) is 29.8 Å². The molecule has 1 N–H and O–H groups in total. The first-order valence-electron chi connectivity index (χ1n) is 8.36. The molecule has 0 spiro atoms. The van der Waals surface area contributed by atoms with E-state index in [1.807, 2.05) is 0 Å². The van der Waals surface area contributed by atoms with Gasteiger partial charge in [0.25, 0.3) is 0 Å². The largest absolute Gasteiger partial charge is 0.481 e. The van der Waals surface area contributed by atoms with Crippen LogP contribution in [0.3, 0.4) is 0 Å². The highest BCUT2D eigenvalue weighted by atomic mass is 35.5. The Morgan fingerprint density at radius 2 is 1.62 bits per heavy atom. The number of hydrogen-bond acceptors (Lipinski definition) is 5. The minimum atomic E-state index is -3.55. The van der Waals surface area contributed by atoms with E-state index in [1.54, 1.807) is 0 Å². The van der Waals surface area contributed by atoms with E-state index in [1.165, 1.54) is 35.5 Å². The van der Waals surface area contributed by atoms with Crippen LogP contribution in [0.2, 0.25) is 0 Å². The lowest BCUT2D eigenvalue weighted by atomic mass is 10.2. The van der Waals surface area contributed by atoms with E-state index in [2.05, 4.69) is 4.90 Å². The third-order valence-electron chi connectivity index (χ3n) is 4.34. The van der Waals surface area contributed by atoms with Gasteiger partial charge in [-0.3, -0.25) is 9.59 Å². The van der Waals surface area contributed by atoms with Crippen LogP contribution >= 0.6 is 12.4 Å². The van der Waals surface area contributed by atoms with Crippen LogP contribution in [-0.2, 0) is 14.8 Å². The molecule has 0 aromatic heterocycles. The van der Waals surface area contributed by atoms with Gasteiger partial charge >= 0.3 is 5.97 Å². The summed E-state index contributed by atoms with van der Waals surface area (Å²) in [5, 5.41) is 8.62. The molecule has 0 bridgehead atoms. The Balaban J connectivity index is 0.00000338. The number of carboxylic acids is 1. The number of sulfonamides is 1. The van der Waals surface area contributed by atoms with Crippen molar-refractivity contribution in [1.29, 1.82) is 0 Å². The number of nitrogens with zero attached hydrogens (tertiary/aromatic N) is 2. The Kier molecular flexibility index (Phi) is 8.69. The monoisotopic (exact) mass is 404 g/mol. The zero-order chi connectivity index (χ0) is 18.4. The molecule has 1 aromatic rings. The van der Waals surface area contributed by atoms with Crippen LogP contribution in [0.4, 0.5) is 0 Å². The smallest absolute Gasteiger partial charge is 0.303 e. The molecule has 1 saturated heterocycles. The predicted molar refractivity (Wildman–Crippen MR) is 100 cm³/mol. The standard InChI is InChI=1S/C17H24N2O5S.ClH/c1-14(20)15-5-7-16(8-6-15)25(23,24)19-12-10-18(11-13-19)9-3-2-4-17(21)22;/h5-8H,2-4,9-13H2,1H3,(H,21,22);1H. The third kappa shape index (κ3) is 6.05. The molecular formula is C17H25ClN2O5S. The molecule has 1 heterocycles. The first kappa shape index (κ1) is 22.6. The second kappa shape index (κ2) is 10.0. The van der Waals surface area contributed by atoms with Crippen molar-refractivity contribution in [1.82, 2.24) is 9.21 Å². The molecule has 1 fully saturated rings. The molecule has 2 rings (SSSR count). The molecule has 1 aromatic carbocycles. The quantitative estimate of drug-likeness (QED) is 0.525. The number of carbonyl (C=O) groups is 2. The molecule has 0 saturated carbocycles. The van der Waals surface area contributed by atoms with E-state index < -0.39 is 16.0 Å². The van der Waals surface area contributed by atoms with Gasteiger partial charge < -0.3 is 10.0 Å². The van der Waals surface area contributed by atoms with E-state index >= 15 is 0 Å². The van der Waals surface area contributed by atoms with Crippen LogP contribution < -0.4 is 0 Å². The number of benzene rings is 1. The molecular weight excluding hydrogens is 380 g/mol. The Labute approximate surface area is 160 Å². The first-order valence-corrected chi connectivity index (χ1v) is 9.80. The third-order valence-corrected chi connectivity index (χ3v) is 6.26. The second-order valence-corrected chi connectivity index (χ2v) is 8.12. The van der Waals surface area contributed by atoms with E-state index in [4.69, 9.17) is 5.11 Å². The Bertz CT molecular complexity index is 713. The normalized spacial score (nSPS) is 16.0. The molecule has 7 nitrogen and oxygen atoms in total. The summed E-state index contributed by atoms with van der Waals surface area (Å²) in [4.78, 5) is 24.1. The summed E-state index contributed by atoms with van der Waals surface area (Å²) < 4.78 is 26.8. The van der Waals surface area contributed by atoms with Gasteiger partial charge in [-0.15, -0.1) is 12.4 Å². The number of Topliss-reactive ketones (excluding diaryl/α,β-unsaturated/α-hetero) is 1. The number of unbranched alkanes of at least 4 members (excludes halogenated alkanes) is 1. The summed E-state index contributed by atoms with van der Waals surface area (Å²) in [5.74, 6) is -0.882. The Morgan fingerprint density at radius 1 is 1.04 bits per heavy atom. The molecule has 0 amide bonds. The van der Waals surface area contributed by atoms with Gasteiger partial charge in [0.15, 0.2) is 5.78 Å². The fourth-order valence-corrected chi connectivity index (χ4v) is 4.24. The van der Waals surface area contributed by atoms with Crippen molar-refractivity contribution in [2.75, 3.05) is 32.7 Å². The van der Waals surface area contributed by atoms with Gasteiger partial charge in [-0.25, -0.2) is 8.42 Å². The van der Waals surface area contributed by atoms with Gasteiger partial charge in [0.05, 0.1) is 4.90 Å². The number of ketones is 1. The number of halogens is 1. The van der Waals surface area contributed by atoms with Crippen LogP contribution in [0.1, 0.15) is 36.5 Å². The number of aliphatic carboxylic acids is 1. The SMILES string of the molecule is CC(=O)c1ccc(S(=O)(=O)N2CCN(CCCCC(=O)O)CC2)cc1.Cl. The molecule has 0 radical (unpaired) electrons. The molecule has 0 unspecified atom stereocenters. The number of carboxylic acid groups (broad SMARTS) is 1. The van der Waals surface area contributed by atoms with Crippen LogP contribution in [0.15, 0.2) is 29.2 Å². The first-order chi connectivity index (χ1) is 11.8. The maximum absolute atomic E-state index is 12.7. The van der Waals surface area contributed by atoms with Crippen molar-refractivity contribution in [3.63, 3.8) is 0 Å². The molecule has 1 aliphatic rings. The summed E-state index contributed by atoms with van der Waals surface area (Å²) in [6.45, 7) is 4.33. The molecule has 1 aliphatic heterocycles. The highest BCUT2D eigenvalue weighted by Gasteiger charge is 2.28. The van der Waals surface area contributed by atoms with E-state index in [0.29, 0.717) is 38.2 Å². The van der Waals surface area contributed by atoms with Gasteiger partial charge in [-0.1, -0.05) is 12.1 Å². The van der Waals surface area contributed by atoms with Crippen LogP contribution in [0.25, 0.3) is 0 Å². The van der Waals surface area contributed by atoms with E-state index in [-0.39, 0.29) is 29.5 Å². The lowest BCUT2D eigenvalue weighted by Crippen LogP contribution is -2.48. The topological polar surface area (TPSA) is 95.0 Å². The average Bonchev–Trinajstić information content (AvgIpc) is 2.59. The molecule has 9 heteroatoms. The highest BCUT2D eigenvalue weighted by Crippen LogP contribution is 2.18. The summed E-state index contributed by atoms with van der Waals surface area (Å²) >= 11 is 0. The summed E-state index contributed by atoms with van der Waals surface area (Å²) in [7, 11) is -3.55. The minimum Gasteiger partial charge on any atom is -0.481 e. The van der Waals surface area contributed by atoms with Crippen LogP contribution in [0, 0.1) is 0 Å². The van der Waals surface area contributed by atoms with E-state index in [0.717, 1.165) is 13.0 Å². The van der Waals surface area contributed by atoms with Gasteiger partial charge in [-0.2, -0.15) is 4.31 Å². The van der Waals surface area contributed by atoms with Gasteiger partial charge in [0.2, 0.25) is 10.0 Å². The fraction of sp³-hybridized carbons (Fsp3) is 0.529. The van der Waals surface area contributed by atoms with Crippen molar-refractivity contribution in [3.8, 4) is 0 Å². The van der Waals surface area contributed by atoms with Gasteiger partial charge in [-0.05, 0) is 38.4 Å². The lowest BCUT2D eigenvalue weighted by molar-refractivity contribution is -0.137. The molecule has 146 valence electrons. The summed E-state index contributed by atoms with van der Waals surface area (Å²) in [6, 6.07) is 6.02. The maximum Gasteiger partial charge on any atom is 0.303 e. The van der Waals surface area contributed by atoms with Crippen molar-refractivity contribution in [2.45, 2.75) is 31.1 Å². The molecule has 0 aliphatic carbocycles. The fourth-order valence-electron chi connectivity index (χ4n) is 2.82. The van der Waals surface area contributed by atoms with Crippen molar-refractivity contribution in [2.24, 2.45) is 0 Å². The highest BCUT2D eigenvalue weighted by molar-refractivity contribution is 7.89. The Hall–Kier alpha value is -1.48. The van der Waals surface area contributed by atoms with Crippen molar-refractivity contribution >= 4 is 34.2 Å². The van der Waals surface area contributed by atoms with Gasteiger partial charge in [0.1, 0.15) is 0 Å².